The average Bonchev–Trinajstić information content (AvgIpc) is 2.64. The van der Waals surface area contributed by atoms with E-state index in [2.05, 4.69) is 19.2 Å². The summed E-state index contributed by atoms with van der Waals surface area (Å²) in [7, 11) is 0. The van der Waals surface area contributed by atoms with Gasteiger partial charge in [0, 0.05) is 0 Å². The van der Waals surface area contributed by atoms with Crippen molar-refractivity contribution in [3.63, 3.8) is 0 Å². The van der Waals surface area contributed by atoms with Crippen LogP contribution in [0, 0.1) is 23.7 Å². The van der Waals surface area contributed by atoms with Crippen molar-refractivity contribution in [3.8, 4) is 0 Å². The van der Waals surface area contributed by atoms with Crippen molar-refractivity contribution in [2.75, 3.05) is 13.1 Å². The lowest BCUT2D eigenvalue weighted by Crippen LogP contribution is -2.26. The van der Waals surface area contributed by atoms with Crippen LogP contribution in [0.25, 0.3) is 0 Å². The largest absolute Gasteiger partial charge is 0.317 e. The second-order valence-electron chi connectivity index (χ2n) is 4.34. The molecule has 2 saturated carbocycles. The number of rotatable bonds is 3. The van der Waals surface area contributed by atoms with Crippen LogP contribution in [0.5, 0.6) is 0 Å². The molecule has 0 spiro atoms. The lowest BCUT2D eigenvalue weighted by Gasteiger charge is -2.18. The van der Waals surface area contributed by atoms with Crippen LogP contribution in [-0.4, -0.2) is 13.1 Å². The van der Waals surface area contributed by atoms with Crippen LogP contribution in [-0.2, 0) is 0 Å². The Kier molecular flexibility index (Phi) is 1.92. The van der Waals surface area contributed by atoms with Gasteiger partial charge in [0.1, 0.15) is 0 Å². The fraction of sp³-hybridized carbons (Fsp3) is 1.00. The number of hydrogen-bond donors (Lipinski definition) is 1. The number of nitrogens with one attached hydrogen (secondary N) is 1. The highest BCUT2D eigenvalue weighted by Gasteiger charge is 2.50. The highest BCUT2D eigenvalue weighted by molar-refractivity contribution is 5.01. The van der Waals surface area contributed by atoms with Gasteiger partial charge in [0.05, 0.1) is 0 Å². The van der Waals surface area contributed by atoms with Gasteiger partial charge in [-0.25, -0.2) is 0 Å². The minimum Gasteiger partial charge on any atom is -0.317 e. The Hall–Kier alpha value is -0.0400. The molecule has 0 radical (unpaired) electrons. The minimum absolute atomic E-state index is 0.998. The Morgan fingerprint density at radius 1 is 1.36 bits per heavy atom. The number of fused-ring (bicyclic) bond motifs is 1. The van der Waals surface area contributed by atoms with Gasteiger partial charge in [0.25, 0.3) is 0 Å². The molecule has 11 heavy (non-hydrogen) atoms. The fourth-order valence-corrected chi connectivity index (χ4v) is 2.80. The van der Waals surface area contributed by atoms with Crippen molar-refractivity contribution in [2.24, 2.45) is 23.7 Å². The topological polar surface area (TPSA) is 12.0 Å². The summed E-state index contributed by atoms with van der Waals surface area (Å²) in [6.07, 6.45) is 3.06. The second-order valence-corrected chi connectivity index (χ2v) is 4.34. The number of hydrogen-bond acceptors (Lipinski definition) is 1. The molecular weight excluding hydrogens is 134 g/mol. The smallest absolute Gasteiger partial charge is 0.00153 e. The summed E-state index contributed by atoms with van der Waals surface area (Å²) in [5.74, 6) is 4.26. The van der Waals surface area contributed by atoms with E-state index in [0.717, 1.165) is 30.2 Å². The molecule has 4 atom stereocenters. The monoisotopic (exact) mass is 153 g/mol. The van der Waals surface area contributed by atoms with E-state index in [0.29, 0.717) is 0 Å². The minimum atomic E-state index is 0.998. The van der Waals surface area contributed by atoms with Crippen molar-refractivity contribution < 1.29 is 0 Å². The van der Waals surface area contributed by atoms with E-state index in [1.807, 2.05) is 0 Å². The molecule has 1 nitrogen and oxygen atoms in total. The normalized spacial score (nSPS) is 47.5. The molecule has 2 aliphatic rings. The quantitative estimate of drug-likeness (QED) is 0.653. The van der Waals surface area contributed by atoms with Crippen molar-refractivity contribution in [1.82, 2.24) is 5.32 Å². The molecule has 2 fully saturated rings. The zero-order chi connectivity index (χ0) is 7.84. The Balaban J connectivity index is 1.81. The SMILES string of the molecule is CCNCC1[C@H](C)C[C@H]2C[C@@H]12. The fourth-order valence-electron chi connectivity index (χ4n) is 2.80. The van der Waals surface area contributed by atoms with Crippen LogP contribution >= 0.6 is 0 Å². The molecule has 2 rings (SSSR count). The van der Waals surface area contributed by atoms with Gasteiger partial charge in [-0.1, -0.05) is 13.8 Å². The molecule has 0 amide bonds. The third-order valence-corrected chi connectivity index (χ3v) is 3.56. The van der Waals surface area contributed by atoms with Gasteiger partial charge in [0.15, 0.2) is 0 Å². The zero-order valence-electron chi connectivity index (χ0n) is 7.64. The summed E-state index contributed by atoms with van der Waals surface area (Å²) in [6, 6.07) is 0. The molecule has 1 unspecified atom stereocenters. The van der Waals surface area contributed by atoms with Crippen LogP contribution < -0.4 is 5.32 Å². The molecule has 1 heteroatoms. The van der Waals surface area contributed by atoms with Gasteiger partial charge in [-0.15, -0.1) is 0 Å². The molecule has 0 aliphatic heterocycles. The Bertz CT molecular complexity index is 142. The second kappa shape index (κ2) is 2.78. The Morgan fingerprint density at radius 3 is 2.73 bits per heavy atom. The van der Waals surface area contributed by atoms with Crippen molar-refractivity contribution in [3.05, 3.63) is 0 Å². The summed E-state index contributed by atoms with van der Waals surface area (Å²) in [4.78, 5) is 0. The highest BCUT2D eigenvalue weighted by atomic mass is 14.9. The molecule has 0 heterocycles. The molecule has 0 saturated heterocycles. The third-order valence-electron chi connectivity index (χ3n) is 3.56. The van der Waals surface area contributed by atoms with E-state index in [4.69, 9.17) is 0 Å². The summed E-state index contributed by atoms with van der Waals surface area (Å²) in [6.45, 7) is 7.04. The van der Waals surface area contributed by atoms with Crippen LogP contribution in [0.2, 0.25) is 0 Å². The van der Waals surface area contributed by atoms with Crippen molar-refractivity contribution in [1.29, 1.82) is 0 Å². The lowest BCUT2D eigenvalue weighted by molar-refractivity contribution is 0.346. The Morgan fingerprint density at radius 2 is 2.18 bits per heavy atom. The van der Waals surface area contributed by atoms with Gasteiger partial charge in [-0.2, -0.15) is 0 Å². The van der Waals surface area contributed by atoms with E-state index in [-0.39, 0.29) is 0 Å². The van der Waals surface area contributed by atoms with Gasteiger partial charge >= 0.3 is 0 Å². The zero-order valence-corrected chi connectivity index (χ0v) is 7.64. The average molecular weight is 153 g/mol. The summed E-state index contributed by atoms with van der Waals surface area (Å²) in [5, 5.41) is 3.48. The first-order chi connectivity index (χ1) is 5.33. The molecule has 0 aromatic carbocycles. The lowest BCUT2D eigenvalue weighted by atomic mass is 9.93. The van der Waals surface area contributed by atoms with Crippen LogP contribution in [0.3, 0.4) is 0 Å². The molecular formula is C10H19N. The maximum Gasteiger partial charge on any atom is -0.00153 e. The molecule has 64 valence electrons. The van der Waals surface area contributed by atoms with E-state index in [9.17, 15) is 0 Å². The van der Waals surface area contributed by atoms with Crippen LogP contribution in [0.1, 0.15) is 26.7 Å². The van der Waals surface area contributed by atoms with E-state index < -0.39 is 0 Å². The summed E-state index contributed by atoms with van der Waals surface area (Å²) in [5.41, 5.74) is 0. The van der Waals surface area contributed by atoms with Gasteiger partial charge in [-0.3, -0.25) is 0 Å². The molecule has 0 aromatic rings. The van der Waals surface area contributed by atoms with Crippen LogP contribution in [0.15, 0.2) is 0 Å². The molecule has 2 aliphatic carbocycles. The Labute approximate surface area is 69.6 Å². The van der Waals surface area contributed by atoms with E-state index in [1.165, 1.54) is 13.0 Å². The molecule has 0 bridgehead atoms. The molecule has 1 N–H and O–H groups in total. The first kappa shape index (κ1) is 7.60. The van der Waals surface area contributed by atoms with Gasteiger partial charge < -0.3 is 5.32 Å². The highest BCUT2D eigenvalue weighted by Crippen LogP contribution is 2.57. The van der Waals surface area contributed by atoms with E-state index >= 15 is 0 Å². The predicted octanol–water partition coefficient (Wildman–Crippen LogP) is 1.89. The first-order valence-corrected chi connectivity index (χ1v) is 5.03. The van der Waals surface area contributed by atoms with Crippen molar-refractivity contribution in [2.45, 2.75) is 26.7 Å². The van der Waals surface area contributed by atoms with Crippen LogP contribution in [0.4, 0.5) is 0 Å². The predicted molar refractivity (Wildman–Crippen MR) is 47.4 cm³/mol. The van der Waals surface area contributed by atoms with Crippen molar-refractivity contribution >= 4 is 0 Å². The van der Waals surface area contributed by atoms with E-state index in [1.54, 1.807) is 6.42 Å². The van der Waals surface area contributed by atoms with Gasteiger partial charge in [-0.05, 0) is 49.6 Å². The maximum absolute atomic E-state index is 3.48. The molecule has 0 aromatic heterocycles. The maximum atomic E-state index is 3.48. The van der Waals surface area contributed by atoms with Gasteiger partial charge in [0.2, 0.25) is 0 Å². The third kappa shape index (κ3) is 1.31. The summed E-state index contributed by atoms with van der Waals surface area (Å²) >= 11 is 0. The summed E-state index contributed by atoms with van der Waals surface area (Å²) < 4.78 is 0. The first-order valence-electron chi connectivity index (χ1n) is 5.03. The standard InChI is InChI=1S/C10H19N/c1-3-11-6-10-7(2)4-8-5-9(8)10/h7-11H,3-6H2,1-2H3/t7-,8+,9-,10?/m1/s1.